The summed E-state index contributed by atoms with van der Waals surface area (Å²) in [5.74, 6) is 0. The van der Waals surface area contributed by atoms with Gasteiger partial charge < -0.3 is 5.11 Å². The first-order chi connectivity index (χ1) is 10.5. The van der Waals surface area contributed by atoms with Crippen molar-refractivity contribution in [1.82, 2.24) is 0 Å². The van der Waals surface area contributed by atoms with Crippen LogP contribution in [0.2, 0.25) is 0 Å². The van der Waals surface area contributed by atoms with Crippen LogP contribution in [0.4, 0.5) is 0 Å². The molecular weight excluding hydrogens is 292 g/mol. The summed E-state index contributed by atoms with van der Waals surface area (Å²) in [6.07, 6.45) is 1.05. The molecule has 0 spiro atoms. The summed E-state index contributed by atoms with van der Waals surface area (Å²) in [6.45, 7) is 7.67. The van der Waals surface area contributed by atoms with Gasteiger partial charge in [0.05, 0.1) is 16.9 Å². The van der Waals surface area contributed by atoms with Crippen LogP contribution in [-0.2, 0) is 10.8 Å². The Labute approximate surface area is 134 Å². The van der Waals surface area contributed by atoms with Gasteiger partial charge in [0.1, 0.15) is 0 Å². The zero-order valence-electron chi connectivity index (χ0n) is 12.8. The van der Waals surface area contributed by atoms with Gasteiger partial charge in [-0.15, -0.1) is 0 Å². The van der Waals surface area contributed by atoms with E-state index in [1.807, 2.05) is 61.5 Å². The van der Waals surface area contributed by atoms with Crippen LogP contribution in [0.15, 0.2) is 77.1 Å². The van der Waals surface area contributed by atoms with Crippen molar-refractivity contribution in [3.05, 3.63) is 83.3 Å². The number of hydrogen-bond acceptors (Lipinski definition) is 2. The minimum Gasteiger partial charge on any atom is -0.389 e. The normalized spacial score (nSPS) is 14.4. The monoisotopic (exact) mass is 312 g/mol. The van der Waals surface area contributed by atoms with Crippen LogP contribution in [0.25, 0.3) is 5.57 Å². The van der Waals surface area contributed by atoms with Gasteiger partial charge in [-0.2, -0.15) is 0 Å². The second kappa shape index (κ2) is 7.34. The molecule has 0 bridgehead atoms. The van der Waals surface area contributed by atoms with Gasteiger partial charge in [-0.1, -0.05) is 54.6 Å². The maximum Gasteiger partial charge on any atom is 0.0849 e. The van der Waals surface area contributed by atoms with Crippen molar-refractivity contribution in [2.45, 2.75) is 24.8 Å². The van der Waals surface area contributed by atoms with E-state index in [2.05, 4.69) is 6.58 Å². The molecule has 2 rings (SSSR count). The second-order valence-corrected chi connectivity index (χ2v) is 6.69. The van der Waals surface area contributed by atoms with Gasteiger partial charge in [-0.05, 0) is 43.2 Å². The van der Waals surface area contributed by atoms with Crippen LogP contribution in [0.1, 0.15) is 18.1 Å². The molecule has 0 heterocycles. The SMILES string of the molecule is C=C(/C(=C\[C@@H](C)O)c1ccccc1)[S@@](=O)c1ccc(C)cc1. The molecule has 0 unspecified atom stereocenters. The molecule has 2 aromatic rings. The summed E-state index contributed by atoms with van der Waals surface area (Å²) in [7, 11) is -1.36. The zero-order valence-corrected chi connectivity index (χ0v) is 13.6. The largest absolute Gasteiger partial charge is 0.389 e. The summed E-state index contributed by atoms with van der Waals surface area (Å²) in [5.41, 5.74) is 2.73. The van der Waals surface area contributed by atoms with Gasteiger partial charge in [-0.3, -0.25) is 0 Å². The molecule has 114 valence electrons. The van der Waals surface area contributed by atoms with E-state index in [1.54, 1.807) is 13.0 Å². The van der Waals surface area contributed by atoms with E-state index >= 15 is 0 Å². The lowest BCUT2D eigenvalue weighted by molar-refractivity contribution is 0.244. The fourth-order valence-corrected chi connectivity index (χ4v) is 3.17. The lowest BCUT2D eigenvalue weighted by Gasteiger charge is -2.13. The van der Waals surface area contributed by atoms with Crippen molar-refractivity contribution >= 4 is 16.4 Å². The highest BCUT2D eigenvalue weighted by Crippen LogP contribution is 2.28. The summed E-state index contributed by atoms with van der Waals surface area (Å²) in [4.78, 5) is 1.21. The Morgan fingerprint density at radius 1 is 1.14 bits per heavy atom. The Morgan fingerprint density at radius 3 is 2.27 bits per heavy atom. The first-order valence-electron chi connectivity index (χ1n) is 7.12. The molecule has 0 aliphatic heterocycles. The second-order valence-electron chi connectivity index (χ2n) is 5.19. The first kappa shape index (κ1) is 16.4. The molecule has 1 N–H and O–H groups in total. The highest BCUT2D eigenvalue weighted by molar-refractivity contribution is 7.89. The molecule has 2 atom stereocenters. The van der Waals surface area contributed by atoms with Gasteiger partial charge >= 0.3 is 0 Å². The molecule has 22 heavy (non-hydrogen) atoms. The number of aryl methyl sites for hydroxylation is 1. The van der Waals surface area contributed by atoms with E-state index in [1.165, 1.54) is 0 Å². The third kappa shape index (κ3) is 4.03. The van der Waals surface area contributed by atoms with E-state index in [-0.39, 0.29) is 0 Å². The Hall–Kier alpha value is -1.97. The third-order valence-electron chi connectivity index (χ3n) is 3.25. The lowest BCUT2D eigenvalue weighted by Crippen LogP contribution is -2.02. The summed E-state index contributed by atoms with van der Waals surface area (Å²) < 4.78 is 12.7. The molecule has 0 aliphatic carbocycles. The van der Waals surface area contributed by atoms with Gasteiger partial charge in [-0.25, -0.2) is 4.21 Å². The van der Waals surface area contributed by atoms with E-state index in [0.717, 1.165) is 16.7 Å². The van der Waals surface area contributed by atoms with Crippen molar-refractivity contribution in [2.24, 2.45) is 0 Å². The van der Waals surface area contributed by atoms with Gasteiger partial charge in [0.15, 0.2) is 0 Å². The van der Waals surface area contributed by atoms with Crippen LogP contribution >= 0.6 is 0 Å². The molecule has 0 aliphatic rings. The number of allylic oxidation sites excluding steroid dienone is 1. The molecule has 0 radical (unpaired) electrons. The van der Waals surface area contributed by atoms with Crippen molar-refractivity contribution < 1.29 is 9.32 Å². The lowest BCUT2D eigenvalue weighted by atomic mass is 10.0. The fraction of sp³-hybridized carbons (Fsp3) is 0.158. The quantitative estimate of drug-likeness (QED) is 0.845. The molecule has 0 amide bonds. The van der Waals surface area contributed by atoms with E-state index in [0.29, 0.717) is 9.80 Å². The Morgan fingerprint density at radius 2 is 1.73 bits per heavy atom. The Kier molecular flexibility index (Phi) is 5.47. The van der Waals surface area contributed by atoms with Crippen LogP contribution in [0.3, 0.4) is 0 Å². The molecule has 0 aromatic heterocycles. The summed E-state index contributed by atoms with van der Waals surface area (Å²) in [6, 6.07) is 17.1. The summed E-state index contributed by atoms with van der Waals surface area (Å²) >= 11 is 0. The number of aliphatic hydroxyl groups is 1. The fourth-order valence-electron chi connectivity index (χ4n) is 2.11. The predicted molar refractivity (Wildman–Crippen MR) is 92.8 cm³/mol. The van der Waals surface area contributed by atoms with Crippen molar-refractivity contribution in [2.75, 3.05) is 0 Å². The maximum absolute atomic E-state index is 12.7. The van der Waals surface area contributed by atoms with E-state index in [4.69, 9.17) is 0 Å². The smallest absolute Gasteiger partial charge is 0.0849 e. The Bertz CT molecular complexity index is 698. The van der Waals surface area contributed by atoms with Crippen LogP contribution in [0.5, 0.6) is 0 Å². The molecule has 2 aromatic carbocycles. The minimum atomic E-state index is -1.36. The molecule has 2 nitrogen and oxygen atoms in total. The molecule has 0 saturated heterocycles. The first-order valence-corrected chi connectivity index (χ1v) is 8.27. The summed E-state index contributed by atoms with van der Waals surface area (Å²) in [5, 5.41) is 9.71. The molecule has 0 saturated carbocycles. The average Bonchev–Trinajstić information content (AvgIpc) is 2.52. The van der Waals surface area contributed by atoms with Gasteiger partial charge in [0.2, 0.25) is 0 Å². The minimum absolute atomic E-state index is 0.496. The Balaban J connectivity index is 2.38. The molecular formula is C19H20O2S. The van der Waals surface area contributed by atoms with E-state index in [9.17, 15) is 9.32 Å². The molecule has 0 fully saturated rings. The van der Waals surface area contributed by atoms with Crippen LogP contribution < -0.4 is 0 Å². The van der Waals surface area contributed by atoms with Crippen LogP contribution in [-0.4, -0.2) is 15.4 Å². The van der Waals surface area contributed by atoms with Gasteiger partial charge in [0, 0.05) is 9.80 Å². The maximum atomic E-state index is 12.7. The number of benzene rings is 2. The number of rotatable bonds is 5. The van der Waals surface area contributed by atoms with Crippen molar-refractivity contribution in [1.29, 1.82) is 0 Å². The highest BCUT2D eigenvalue weighted by atomic mass is 32.2. The standard InChI is InChI=1S/C19H20O2S/c1-14-9-11-18(12-10-14)22(21)16(3)19(13-15(2)20)17-7-5-4-6-8-17/h4-13,15,20H,3H2,1-2H3/b19-13+/t15-,22-/m1/s1. The topological polar surface area (TPSA) is 37.3 Å². The zero-order chi connectivity index (χ0) is 16.1. The molecule has 3 heteroatoms. The van der Waals surface area contributed by atoms with Gasteiger partial charge in [0.25, 0.3) is 0 Å². The van der Waals surface area contributed by atoms with Crippen LogP contribution in [0, 0.1) is 6.92 Å². The van der Waals surface area contributed by atoms with Crippen molar-refractivity contribution in [3.63, 3.8) is 0 Å². The predicted octanol–water partition coefficient (Wildman–Crippen LogP) is 4.08. The van der Waals surface area contributed by atoms with Crippen molar-refractivity contribution in [3.8, 4) is 0 Å². The highest BCUT2D eigenvalue weighted by Gasteiger charge is 2.15. The number of aliphatic hydroxyl groups excluding tert-OH is 1. The number of hydrogen-bond donors (Lipinski definition) is 1. The van der Waals surface area contributed by atoms with E-state index < -0.39 is 16.9 Å². The average molecular weight is 312 g/mol. The third-order valence-corrected chi connectivity index (χ3v) is 4.62.